The molecule has 4 nitrogen and oxygen atoms in total. The van der Waals surface area contributed by atoms with Crippen LogP contribution in [0.1, 0.15) is 43.4 Å². The summed E-state index contributed by atoms with van der Waals surface area (Å²) in [5, 5.41) is 2.95. The molecule has 2 aromatic rings. The van der Waals surface area contributed by atoms with E-state index in [9.17, 15) is 9.59 Å². The Morgan fingerprint density at radius 2 is 1.82 bits per heavy atom. The van der Waals surface area contributed by atoms with Crippen molar-refractivity contribution in [3.63, 3.8) is 0 Å². The van der Waals surface area contributed by atoms with E-state index in [1.807, 2.05) is 55.5 Å². The summed E-state index contributed by atoms with van der Waals surface area (Å²) in [6.45, 7) is 6.93. The Morgan fingerprint density at radius 3 is 2.46 bits per heavy atom. The van der Waals surface area contributed by atoms with E-state index in [4.69, 9.17) is 0 Å². The quantitative estimate of drug-likeness (QED) is 0.572. The van der Waals surface area contributed by atoms with Gasteiger partial charge in [-0.1, -0.05) is 71.2 Å². The van der Waals surface area contributed by atoms with Gasteiger partial charge >= 0.3 is 0 Å². The number of carbonyl (C=O) groups is 2. The predicted octanol–water partition coefficient (Wildman–Crippen LogP) is 4.63. The molecule has 0 aliphatic heterocycles. The third kappa shape index (κ3) is 6.79. The first-order valence-corrected chi connectivity index (χ1v) is 10.6. The van der Waals surface area contributed by atoms with Gasteiger partial charge in [0.1, 0.15) is 6.04 Å². The van der Waals surface area contributed by atoms with Gasteiger partial charge in [-0.05, 0) is 43.5 Å². The lowest BCUT2D eigenvalue weighted by atomic mass is 10.1. The number of carbonyl (C=O) groups excluding carboxylic acids is 2. The highest BCUT2D eigenvalue weighted by atomic mass is 79.9. The lowest BCUT2D eigenvalue weighted by molar-refractivity contribution is -0.140. The van der Waals surface area contributed by atoms with Gasteiger partial charge in [0.25, 0.3) is 0 Å². The summed E-state index contributed by atoms with van der Waals surface area (Å²) in [5.74, 6) is -0.164. The van der Waals surface area contributed by atoms with Crippen molar-refractivity contribution in [2.45, 2.75) is 52.6 Å². The molecule has 0 radical (unpaired) electrons. The van der Waals surface area contributed by atoms with Crippen LogP contribution in [0.4, 0.5) is 0 Å². The monoisotopic (exact) mass is 444 g/mol. The largest absolute Gasteiger partial charge is 0.354 e. The van der Waals surface area contributed by atoms with Crippen molar-refractivity contribution in [2.24, 2.45) is 0 Å². The number of rotatable bonds is 9. The van der Waals surface area contributed by atoms with E-state index in [1.54, 1.807) is 11.8 Å². The van der Waals surface area contributed by atoms with E-state index in [1.165, 1.54) is 0 Å². The number of benzene rings is 2. The maximum Gasteiger partial charge on any atom is 0.242 e. The maximum atomic E-state index is 13.1. The molecule has 2 aromatic carbocycles. The number of hydrogen-bond acceptors (Lipinski definition) is 2. The molecule has 0 aromatic heterocycles. The minimum atomic E-state index is -0.534. The van der Waals surface area contributed by atoms with Crippen molar-refractivity contribution >= 4 is 27.7 Å². The average molecular weight is 445 g/mol. The lowest BCUT2D eigenvalue weighted by Gasteiger charge is -2.29. The van der Waals surface area contributed by atoms with E-state index < -0.39 is 6.04 Å². The smallest absolute Gasteiger partial charge is 0.242 e. The number of halogens is 1. The van der Waals surface area contributed by atoms with E-state index in [0.717, 1.165) is 34.0 Å². The number of nitrogens with one attached hydrogen (secondary N) is 1. The van der Waals surface area contributed by atoms with E-state index in [-0.39, 0.29) is 18.2 Å². The number of aryl methyl sites for hydroxylation is 1. The SMILES string of the molecule is CCCCNC(=O)[C@H](C)N(Cc1cccc(Br)c1)C(=O)Cc1ccc(C)cc1. The van der Waals surface area contributed by atoms with Gasteiger partial charge in [0, 0.05) is 17.6 Å². The molecule has 0 aliphatic rings. The van der Waals surface area contributed by atoms with Gasteiger partial charge in [0.2, 0.25) is 11.8 Å². The van der Waals surface area contributed by atoms with Gasteiger partial charge in [0.05, 0.1) is 6.42 Å². The first kappa shape index (κ1) is 22.2. The Hall–Kier alpha value is -2.14. The summed E-state index contributed by atoms with van der Waals surface area (Å²) in [6.07, 6.45) is 2.23. The van der Waals surface area contributed by atoms with Crippen LogP contribution < -0.4 is 5.32 Å². The minimum Gasteiger partial charge on any atom is -0.354 e. The Morgan fingerprint density at radius 1 is 1.11 bits per heavy atom. The zero-order valence-corrected chi connectivity index (χ0v) is 18.5. The summed E-state index contributed by atoms with van der Waals surface area (Å²) in [4.78, 5) is 27.4. The molecule has 0 spiro atoms. The molecule has 1 N–H and O–H groups in total. The second-order valence-electron chi connectivity index (χ2n) is 7.13. The topological polar surface area (TPSA) is 49.4 Å². The second kappa shape index (κ2) is 11.0. The molecule has 5 heteroatoms. The second-order valence-corrected chi connectivity index (χ2v) is 8.05. The van der Waals surface area contributed by atoms with Crippen LogP contribution in [0, 0.1) is 6.92 Å². The van der Waals surface area contributed by atoms with Crippen molar-refractivity contribution in [3.8, 4) is 0 Å². The molecule has 0 unspecified atom stereocenters. The molecule has 150 valence electrons. The Balaban J connectivity index is 2.17. The van der Waals surface area contributed by atoms with Crippen molar-refractivity contribution in [2.75, 3.05) is 6.54 Å². The van der Waals surface area contributed by atoms with Gasteiger partial charge < -0.3 is 10.2 Å². The summed E-state index contributed by atoms with van der Waals surface area (Å²) in [6, 6.07) is 15.2. The van der Waals surface area contributed by atoms with Crippen molar-refractivity contribution in [1.29, 1.82) is 0 Å². The lowest BCUT2D eigenvalue weighted by Crippen LogP contribution is -2.48. The maximum absolute atomic E-state index is 13.1. The highest BCUT2D eigenvalue weighted by molar-refractivity contribution is 9.10. The summed E-state index contributed by atoms with van der Waals surface area (Å²) >= 11 is 3.48. The van der Waals surface area contributed by atoms with Crippen LogP contribution in [0.5, 0.6) is 0 Å². The van der Waals surface area contributed by atoms with Crippen LogP contribution in [0.15, 0.2) is 53.0 Å². The fraction of sp³-hybridized carbons (Fsp3) is 0.391. The molecule has 0 aliphatic carbocycles. The number of unbranched alkanes of at least 4 members (excludes halogenated alkanes) is 1. The third-order valence-corrected chi connectivity index (χ3v) is 5.21. The van der Waals surface area contributed by atoms with Gasteiger partial charge in [-0.3, -0.25) is 9.59 Å². The molecular formula is C23H29BrN2O2. The standard InChI is InChI=1S/C23H29BrN2O2/c1-4-5-13-25-23(28)18(3)26(16-20-7-6-8-21(24)14-20)22(27)15-19-11-9-17(2)10-12-19/h6-12,14,18H,4-5,13,15-16H2,1-3H3,(H,25,28)/t18-/m0/s1. The minimum absolute atomic E-state index is 0.0537. The molecule has 2 rings (SSSR count). The number of hydrogen-bond donors (Lipinski definition) is 1. The molecular weight excluding hydrogens is 416 g/mol. The van der Waals surface area contributed by atoms with Gasteiger partial charge in [-0.2, -0.15) is 0 Å². The molecule has 0 fully saturated rings. The van der Waals surface area contributed by atoms with Crippen LogP contribution in [0.25, 0.3) is 0 Å². The molecule has 0 saturated heterocycles. The highest BCUT2D eigenvalue weighted by Crippen LogP contribution is 2.16. The predicted molar refractivity (Wildman–Crippen MR) is 117 cm³/mol. The normalized spacial score (nSPS) is 11.7. The van der Waals surface area contributed by atoms with E-state index in [2.05, 4.69) is 28.2 Å². The average Bonchev–Trinajstić information content (AvgIpc) is 2.67. The zero-order valence-electron chi connectivity index (χ0n) is 16.9. The third-order valence-electron chi connectivity index (χ3n) is 4.71. The van der Waals surface area contributed by atoms with E-state index >= 15 is 0 Å². The zero-order chi connectivity index (χ0) is 20.5. The Bertz CT molecular complexity index is 789. The molecule has 0 saturated carbocycles. The van der Waals surface area contributed by atoms with Crippen LogP contribution >= 0.6 is 15.9 Å². The molecule has 28 heavy (non-hydrogen) atoms. The van der Waals surface area contributed by atoms with Crippen LogP contribution in [0.2, 0.25) is 0 Å². The van der Waals surface area contributed by atoms with Gasteiger partial charge in [0.15, 0.2) is 0 Å². The highest BCUT2D eigenvalue weighted by Gasteiger charge is 2.26. The molecule has 1 atom stereocenters. The molecule has 0 bridgehead atoms. The summed E-state index contributed by atoms with van der Waals surface area (Å²) in [7, 11) is 0. The number of nitrogens with zero attached hydrogens (tertiary/aromatic N) is 1. The Kier molecular flexibility index (Phi) is 8.71. The van der Waals surface area contributed by atoms with E-state index in [0.29, 0.717) is 13.1 Å². The summed E-state index contributed by atoms with van der Waals surface area (Å²) < 4.78 is 0.955. The van der Waals surface area contributed by atoms with Crippen molar-refractivity contribution in [1.82, 2.24) is 10.2 Å². The first-order chi connectivity index (χ1) is 13.4. The van der Waals surface area contributed by atoms with Crippen molar-refractivity contribution < 1.29 is 9.59 Å². The van der Waals surface area contributed by atoms with Crippen LogP contribution in [-0.4, -0.2) is 29.3 Å². The molecule has 0 heterocycles. The van der Waals surface area contributed by atoms with Crippen LogP contribution in [0.3, 0.4) is 0 Å². The summed E-state index contributed by atoms with van der Waals surface area (Å²) in [5.41, 5.74) is 3.10. The Labute approximate surface area is 176 Å². The van der Waals surface area contributed by atoms with Gasteiger partial charge in [-0.15, -0.1) is 0 Å². The molecule has 2 amide bonds. The van der Waals surface area contributed by atoms with Gasteiger partial charge in [-0.25, -0.2) is 0 Å². The number of amides is 2. The van der Waals surface area contributed by atoms with Crippen LogP contribution in [-0.2, 0) is 22.6 Å². The fourth-order valence-electron chi connectivity index (χ4n) is 2.93. The van der Waals surface area contributed by atoms with Crippen molar-refractivity contribution in [3.05, 3.63) is 69.7 Å². The fourth-order valence-corrected chi connectivity index (χ4v) is 3.38. The first-order valence-electron chi connectivity index (χ1n) is 9.78.